The zero-order valence-corrected chi connectivity index (χ0v) is 6.02. The lowest BCUT2D eigenvalue weighted by molar-refractivity contribution is 0.654. The van der Waals surface area contributed by atoms with Gasteiger partial charge in [-0.3, -0.25) is 9.36 Å². The third kappa shape index (κ3) is 0.759. The van der Waals surface area contributed by atoms with Crippen LogP contribution in [0.25, 0.3) is 0 Å². The van der Waals surface area contributed by atoms with Gasteiger partial charge in [0, 0.05) is 18.5 Å². The van der Waals surface area contributed by atoms with E-state index in [1.807, 2.05) is 0 Å². The first kappa shape index (κ1) is 5.97. The largest absolute Gasteiger partial charge is 0.286 e. The van der Waals surface area contributed by atoms with Crippen molar-refractivity contribution in [2.75, 3.05) is 5.75 Å². The summed E-state index contributed by atoms with van der Waals surface area (Å²) in [6.07, 6.45) is 1.44. The summed E-state index contributed by atoms with van der Waals surface area (Å²) in [4.78, 5) is 15.0. The lowest BCUT2D eigenvalue weighted by Crippen LogP contribution is -2.18. The molecule has 1 aromatic heterocycles. The van der Waals surface area contributed by atoms with E-state index in [1.54, 1.807) is 16.3 Å². The van der Waals surface area contributed by atoms with Crippen LogP contribution < -0.4 is 5.56 Å². The zero-order chi connectivity index (χ0) is 6.97. The van der Waals surface area contributed by atoms with Gasteiger partial charge in [0.05, 0.1) is 6.07 Å². The van der Waals surface area contributed by atoms with Crippen molar-refractivity contribution in [2.45, 2.75) is 11.7 Å². The topological polar surface area (TPSA) is 34.9 Å². The van der Waals surface area contributed by atoms with Gasteiger partial charge in [0.2, 0.25) is 0 Å². The maximum absolute atomic E-state index is 11.0. The molecular formula is C6H5N2OS. The predicted octanol–water partition coefficient (Wildman–Crippen LogP) is 0.149. The molecule has 0 aromatic carbocycles. The Morgan fingerprint density at radius 2 is 2.70 bits per heavy atom. The number of aromatic nitrogens is 2. The van der Waals surface area contributed by atoms with Crippen LogP contribution in [0.1, 0.15) is 0 Å². The zero-order valence-electron chi connectivity index (χ0n) is 5.20. The van der Waals surface area contributed by atoms with Gasteiger partial charge in [0.15, 0.2) is 5.16 Å². The second kappa shape index (κ2) is 2.12. The van der Waals surface area contributed by atoms with Crippen LogP contribution in [-0.4, -0.2) is 15.3 Å². The van der Waals surface area contributed by atoms with Gasteiger partial charge in [-0.15, -0.1) is 0 Å². The average Bonchev–Trinajstić information content (AvgIpc) is 2.36. The summed E-state index contributed by atoms with van der Waals surface area (Å²) >= 11 is 1.61. The van der Waals surface area contributed by atoms with Crippen LogP contribution >= 0.6 is 11.8 Å². The predicted molar refractivity (Wildman–Crippen MR) is 38.1 cm³/mol. The molecule has 0 N–H and O–H groups in total. The van der Waals surface area contributed by atoms with Crippen LogP contribution in [0, 0.1) is 6.07 Å². The maximum Gasteiger partial charge on any atom is 0.262 e. The number of hydrogen-bond acceptors (Lipinski definition) is 3. The molecule has 4 heteroatoms. The standard InChI is InChI=1S/C6H5N2OS/c9-5-1-2-7-6-8(5)3-4-10-6/h2H,3-4H2. The summed E-state index contributed by atoms with van der Waals surface area (Å²) in [5, 5.41) is 0.823. The van der Waals surface area contributed by atoms with E-state index < -0.39 is 0 Å². The van der Waals surface area contributed by atoms with Crippen LogP contribution in [0.4, 0.5) is 0 Å². The summed E-state index contributed by atoms with van der Waals surface area (Å²) in [6, 6.07) is 2.51. The molecule has 0 saturated heterocycles. The second-order valence-corrected chi connectivity index (χ2v) is 3.05. The minimum absolute atomic E-state index is 0.0602. The van der Waals surface area contributed by atoms with Gasteiger partial charge in [-0.1, -0.05) is 11.8 Å². The Balaban J connectivity index is 2.70. The Kier molecular flexibility index (Phi) is 1.27. The van der Waals surface area contributed by atoms with Gasteiger partial charge in [0.1, 0.15) is 0 Å². The van der Waals surface area contributed by atoms with Crippen molar-refractivity contribution in [1.29, 1.82) is 0 Å². The molecule has 0 aliphatic carbocycles. The van der Waals surface area contributed by atoms with Crippen LogP contribution in [-0.2, 0) is 6.54 Å². The van der Waals surface area contributed by atoms with Gasteiger partial charge in [-0.05, 0) is 0 Å². The summed E-state index contributed by atoms with van der Waals surface area (Å²) in [5.74, 6) is 0.958. The molecule has 0 amide bonds. The van der Waals surface area contributed by atoms with Gasteiger partial charge in [0.25, 0.3) is 5.56 Å². The quantitative estimate of drug-likeness (QED) is 0.498. The average molecular weight is 153 g/mol. The van der Waals surface area contributed by atoms with Crippen molar-refractivity contribution >= 4 is 11.8 Å². The Hall–Kier alpha value is -0.770. The molecule has 0 spiro atoms. The van der Waals surface area contributed by atoms with Crippen molar-refractivity contribution in [3.05, 3.63) is 22.6 Å². The lowest BCUT2D eigenvalue weighted by atomic mass is 10.6. The number of hydrogen-bond donors (Lipinski definition) is 0. The number of rotatable bonds is 0. The monoisotopic (exact) mass is 153 g/mol. The summed E-state index contributed by atoms with van der Waals surface area (Å²) in [5.41, 5.74) is -0.0602. The Bertz CT molecular complexity index is 307. The Labute approximate surface area is 62.1 Å². The maximum atomic E-state index is 11.0. The SMILES string of the molecule is O=c1[c]cnc2n1CCS2. The van der Waals surface area contributed by atoms with E-state index in [-0.39, 0.29) is 5.56 Å². The highest BCUT2D eigenvalue weighted by molar-refractivity contribution is 7.99. The fraction of sp³-hybridized carbons (Fsp3) is 0.333. The lowest BCUT2D eigenvalue weighted by Gasteiger charge is -1.95. The molecule has 51 valence electrons. The van der Waals surface area contributed by atoms with E-state index >= 15 is 0 Å². The highest BCUT2D eigenvalue weighted by Crippen LogP contribution is 2.19. The van der Waals surface area contributed by atoms with Crippen molar-refractivity contribution in [1.82, 2.24) is 9.55 Å². The summed E-state index contributed by atoms with van der Waals surface area (Å²) in [6.45, 7) is 0.781. The van der Waals surface area contributed by atoms with Crippen LogP contribution in [0.2, 0.25) is 0 Å². The first-order valence-electron chi connectivity index (χ1n) is 2.98. The molecule has 2 rings (SSSR count). The third-order valence-corrected chi connectivity index (χ3v) is 2.36. The number of fused-ring (bicyclic) bond motifs is 1. The minimum Gasteiger partial charge on any atom is -0.286 e. The van der Waals surface area contributed by atoms with Crippen molar-refractivity contribution in [3.8, 4) is 0 Å². The molecule has 2 heterocycles. The van der Waals surface area contributed by atoms with Crippen molar-refractivity contribution in [3.63, 3.8) is 0 Å². The fourth-order valence-electron chi connectivity index (χ4n) is 0.918. The van der Waals surface area contributed by atoms with E-state index in [2.05, 4.69) is 11.1 Å². The van der Waals surface area contributed by atoms with Crippen LogP contribution in [0.15, 0.2) is 16.1 Å². The number of nitrogens with zero attached hydrogens (tertiary/aromatic N) is 2. The number of thioether (sulfide) groups is 1. The molecular weight excluding hydrogens is 148 g/mol. The van der Waals surface area contributed by atoms with Crippen LogP contribution in [0.5, 0.6) is 0 Å². The molecule has 0 bridgehead atoms. The molecule has 3 nitrogen and oxygen atoms in total. The first-order chi connectivity index (χ1) is 4.88. The molecule has 0 unspecified atom stereocenters. The minimum atomic E-state index is -0.0602. The summed E-state index contributed by atoms with van der Waals surface area (Å²) < 4.78 is 1.64. The molecule has 0 fully saturated rings. The molecule has 0 saturated carbocycles. The van der Waals surface area contributed by atoms with E-state index in [4.69, 9.17) is 0 Å². The van der Waals surface area contributed by atoms with E-state index in [1.165, 1.54) is 6.20 Å². The molecule has 1 radical (unpaired) electrons. The normalized spacial score (nSPS) is 15.2. The van der Waals surface area contributed by atoms with Gasteiger partial charge in [-0.25, -0.2) is 4.98 Å². The molecule has 1 aromatic rings. The van der Waals surface area contributed by atoms with Crippen molar-refractivity contribution in [2.24, 2.45) is 0 Å². The molecule has 1 aliphatic heterocycles. The first-order valence-corrected chi connectivity index (χ1v) is 3.97. The van der Waals surface area contributed by atoms with E-state index in [0.29, 0.717) is 0 Å². The van der Waals surface area contributed by atoms with Gasteiger partial charge >= 0.3 is 0 Å². The van der Waals surface area contributed by atoms with Gasteiger partial charge in [-0.2, -0.15) is 0 Å². The molecule has 10 heavy (non-hydrogen) atoms. The molecule has 0 atom stereocenters. The highest BCUT2D eigenvalue weighted by Gasteiger charge is 2.11. The highest BCUT2D eigenvalue weighted by atomic mass is 32.2. The molecule has 1 aliphatic rings. The van der Waals surface area contributed by atoms with E-state index in [9.17, 15) is 4.79 Å². The fourth-order valence-corrected chi connectivity index (χ4v) is 1.83. The van der Waals surface area contributed by atoms with Gasteiger partial charge < -0.3 is 0 Å². The Morgan fingerprint density at radius 3 is 3.50 bits per heavy atom. The smallest absolute Gasteiger partial charge is 0.262 e. The third-order valence-electron chi connectivity index (χ3n) is 1.39. The summed E-state index contributed by atoms with van der Waals surface area (Å²) in [7, 11) is 0. The van der Waals surface area contributed by atoms with E-state index in [0.717, 1.165) is 17.5 Å². The van der Waals surface area contributed by atoms with Crippen LogP contribution in [0.3, 0.4) is 0 Å². The Morgan fingerprint density at radius 1 is 1.80 bits per heavy atom. The van der Waals surface area contributed by atoms with Crippen molar-refractivity contribution < 1.29 is 0 Å². The second-order valence-electron chi connectivity index (χ2n) is 1.99.